The Hall–Kier alpha value is -1.19. The lowest BCUT2D eigenvalue weighted by Crippen LogP contribution is -2.45. The zero-order valence-corrected chi connectivity index (χ0v) is 10.2. The van der Waals surface area contributed by atoms with E-state index < -0.39 is 5.60 Å². The van der Waals surface area contributed by atoms with Gasteiger partial charge >= 0.3 is 6.09 Å². The van der Waals surface area contributed by atoms with Crippen LogP contribution in [-0.2, 0) is 4.74 Å². The van der Waals surface area contributed by atoms with Crippen molar-refractivity contribution in [1.29, 1.82) is 0 Å². The van der Waals surface area contributed by atoms with E-state index in [-0.39, 0.29) is 12.3 Å². The number of allylic oxidation sites excluding steroid dienone is 1. The third kappa shape index (κ3) is 2.49. The van der Waals surface area contributed by atoms with Gasteiger partial charge in [-0.15, -0.1) is 0 Å². The van der Waals surface area contributed by atoms with Crippen LogP contribution in [0.2, 0.25) is 0 Å². The molecule has 1 fully saturated rings. The molecule has 1 unspecified atom stereocenters. The van der Waals surface area contributed by atoms with E-state index in [1.807, 2.05) is 20.8 Å². The fourth-order valence-electron chi connectivity index (χ4n) is 2.27. The summed E-state index contributed by atoms with van der Waals surface area (Å²) in [7, 11) is 0. The summed E-state index contributed by atoms with van der Waals surface area (Å²) < 4.78 is 5.25. The van der Waals surface area contributed by atoms with Gasteiger partial charge in [-0.1, -0.05) is 6.08 Å². The number of nitrogens with zero attached hydrogens (tertiary/aromatic N) is 1. The van der Waals surface area contributed by atoms with Crippen molar-refractivity contribution in [2.75, 3.05) is 6.54 Å². The van der Waals surface area contributed by atoms with Gasteiger partial charge in [0.05, 0.1) is 0 Å². The maximum absolute atomic E-state index is 11.6. The van der Waals surface area contributed by atoms with Gasteiger partial charge in [-0.25, -0.2) is 4.79 Å². The first kappa shape index (κ1) is 11.3. The second kappa shape index (κ2) is 4.00. The Bertz CT molecular complexity index is 317. The van der Waals surface area contributed by atoms with E-state index in [1.54, 1.807) is 0 Å². The van der Waals surface area contributed by atoms with Crippen LogP contribution in [0.5, 0.6) is 0 Å². The van der Waals surface area contributed by atoms with Gasteiger partial charge in [-0.05, 0) is 40.0 Å². The fourth-order valence-corrected chi connectivity index (χ4v) is 2.27. The molecule has 16 heavy (non-hydrogen) atoms. The minimum absolute atomic E-state index is 0.128. The monoisotopic (exact) mass is 224 g/mol. The van der Waals surface area contributed by atoms with Gasteiger partial charge in [-0.3, -0.25) is 0 Å². The maximum Gasteiger partial charge on any atom is 0.409 e. The molecule has 0 aromatic rings. The van der Waals surface area contributed by atoms with E-state index in [0.29, 0.717) is 0 Å². The second-order valence-electron chi connectivity index (χ2n) is 5.38. The molecule has 0 radical (unpaired) electrons. The van der Waals surface area contributed by atoms with Gasteiger partial charge in [0.1, 0.15) is 11.8 Å². The molecule has 0 aliphatic carbocycles. The van der Waals surface area contributed by atoms with Gasteiger partial charge < -0.3 is 15.0 Å². The quantitative estimate of drug-likeness (QED) is 0.742. The summed E-state index contributed by atoms with van der Waals surface area (Å²) in [6.45, 7) is 6.66. The van der Waals surface area contributed by atoms with Crippen LogP contribution >= 0.6 is 0 Å². The highest BCUT2D eigenvalue weighted by molar-refractivity contribution is 5.68. The lowest BCUT2D eigenvalue weighted by molar-refractivity contribution is 0.0462. The Morgan fingerprint density at radius 3 is 3.00 bits per heavy atom. The molecule has 2 heterocycles. The number of hydrogen-bond acceptors (Lipinski definition) is 3. The lowest BCUT2D eigenvalue weighted by Gasteiger charge is -2.27. The molecule has 0 aromatic carbocycles. The summed E-state index contributed by atoms with van der Waals surface area (Å²) in [5.41, 5.74) is 0.952. The van der Waals surface area contributed by atoms with Crippen molar-refractivity contribution < 1.29 is 9.53 Å². The van der Waals surface area contributed by atoms with Gasteiger partial charge in [0.25, 0.3) is 0 Å². The molecular weight excluding hydrogens is 204 g/mol. The first-order valence-electron chi connectivity index (χ1n) is 5.91. The maximum atomic E-state index is 11.6. The van der Waals surface area contributed by atoms with Crippen LogP contribution in [0.15, 0.2) is 11.8 Å². The first-order valence-corrected chi connectivity index (χ1v) is 5.91. The van der Waals surface area contributed by atoms with Gasteiger partial charge in [0.2, 0.25) is 0 Å². The number of nitrogens with one attached hydrogen (secondary N) is 1. The molecule has 2 aliphatic heterocycles. The van der Waals surface area contributed by atoms with Crippen molar-refractivity contribution in [3.63, 3.8) is 0 Å². The number of hydrogen-bond donors (Lipinski definition) is 1. The van der Waals surface area contributed by atoms with E-state index >= 15 is 0 Å². The van der Waals surface area contributed by atoms with Crippen LogP contribution in [0.4, 0.5) is 4.79 Å². The van der Waals surface area contributed by atoms with Crippen LogP contribution < -0.4 is 5.32 Å². The highest BCUT2D eigenvalue weighted by Gasteiger charge is 2.32. The van der Waals surface area contributed by atoms with Crippen molar-refractivity contribution in [1.82, 2.24) is 10.2 Å². The molecule has 4 nitrogen and oxygen atoms in total. The van der Waals surface area contributed by atoms with E-state index in [2.05, 4.69) is 16.3 Å². The third-order valence-corrected chi connectivity index (χ3v) is 2.85. The Morgan fingerprint density at radius 2 is 2.31 bits per heavy atom. The van der Waals surface area contributed by atoms with Crippen LogP contribution in [0.3, 0.4) is 0 Å². The SMILES string of the molecule is CC(C)(C)OC(=O)NC1CCC2=CCCN21. The Kier molecular flexibility index (Phi) is 2.82. The Labute approximate surface area is 96.6 Å². The largest absolute Gasteiger partial charge is 0.444 e. The van der Waals surface area contributed by atoms with E-state index in [4.69, 9.17) is 4.74 Å². The second-order valence-corrected chi connectivity index (χ2v) is 5.38. The van der Waals surface area contributed by atoms with Crippen LogP contribution in [0.1, 0.15) is 40.0 Å². The zero-order valence-electron chi connectivity index (χ0n) is 10.2. The molecule has 1 saturated heterocycles. The minimum atomic E-state index is -0.424. The summed E-state index contributed by atoms with van der Waals surface area (Å²) in [5, 5.41) is 2.93. The van der Waals surface area contributed by atoms with Crippen molar-refractivity contribution in [3.05, 3.63) is 11.8 Å². The van der Waals surface area contributed by atoms with Gasteiger partial charge in [-0.2, -0.15) is 0 Å². The number of carbonyl (C=O) groups excluding carboxylic acids is 1. The summed E-state index contributed by atoms with van der Waals surface area (Å²) in [6.07, 6.45) is 5.23. The number of ether oxygens (including phenoxy) is 1. The number of amides is 1. The molecular formula is C12H20N2O2. The number of alkyl carbamates (subject to hydrolysis) is 1. The molecule has 0 bridgehead atoms. The topological polar surface area (TPSA) is 41.6 Å². The number of rotatable bonds is 1. The summed E-state index contributed by atoms with van der Waals surface area (Å²) in [4.78, 5) is 13.9. The van der Waals surface area contributed by atoms with Crippen molar-refractivity contribution in [2.24, 2.45) is 0 Å². The van der Waals surface area contributed by atoms with E-state index in [1.165, 1.54) is 5.70 Å². The van der Waals surface area contributed by atoms with Crippen molar-refractivity contribution in [3.8, 4) is 0 Å². The number of fused-ring (bicyclic) bond motifs is 1. The fraction of sp³-hybridized carbons (Fsp3) is 0.750. The molecule has 0 saturated carbocycles. The van der Waals surface area contributed by atoms with Gasteiger partial charge in [0.15, 0.2) is 0 Å². The van der Waals surface area contributed by atoms with Crippen molar-refractivity contribution in [2.45, 2.75) is 51.8 Å². The number of carbonyl (C=O) groups is 1. The lowest BCUT2D eigenvalue weighted by atomic mass is 10.2. The highest BCUT2D eigenvalue weighted by atomic mass is 16.6. The molecule has 1 amide bonds. The molecule has 2 aliphatic rings. The summed E-state index contributed by atoms with van der Waals surface area (Å²) in [6, 6.07) is 0. The standard InChI is InChI=1S/C12H20N2O2/c1-12(2,3)16-11(15)13-10-7-6-9-5-4-8-14(9)10/h5,10H,4,6-8H2,1-3H3,(H,13,15). The Balaban J connectivity index is 1.87. The van der Waals surface area contributed by atoms with Gasteiger partial charge in [0, 0.05) is 12.2 Å². The van der Waals surface area contributed by atoms with E-state index in [0.717, 1.165) is 25.8 Å². The summed E-state index contributed by atoms with van der Waals surface area (Å²) >= 11 is 0. The average Bonchev–Trinajstić information content (AvgIpc) is 2.66. The smallest absolute Gasteiger partial charge is 0.409 e. The van der Waals surface area contributed by atoms with Crippen LogP contribution in [0, 0.1) is 0 Å². The molecule has 4 heteroatoms. The molecule has 2 rings (SSSR count). The van der Waals surface area contributed by atoms with Crippen LogP contribution in [-0.4, -0.2) is 29.3 Å². The zero-order chi connectivity index (χ0) is 11.8. The predicted molar refractivity (Wildman–Crippen MR) is 61.8 cm³/mol. The molecule has 0 spiro atoms. The minimum Gasteiger partial charge on any atom is -0.444 e. The normalized spacial score (nSPS) is 24.1. The molecule has 90 valence electrons. The van der Waals surface area contributed by atoms with Crippen molar-refractivity contribution >= 4 is 6.09 Å². The summed E-state index contributed by atoms with van der Waals surface area (Å²) in [5.74, 6) is 0. The Morgan fingerprint density at radius 1 is 1.56 bits per heavy atom. The molecule has 0 aromatic heterocycles. The molecule has 1 N–H and O–H groups in total. The van der Waals surface area contributed by atoms with E-state index in [9.17, 15) is 4.79 Å². The third-order valence-electron chi connectivity index (χ3n) is 2.85. The molecule has 1 atom stereocenters. The van der Waals surface area contributed by atoms with Crippen LogP contribution in [0.25, 0.3) is 0 Å². The predicted octanol–water partition coefficient (Wildman–Crippen LogP) is 2.22. The highest BCUT2D eigenvalue weighted by Crippen LogP contribution is 2.30. The first-order chi connectivity index (χ1) is 7.46. The average molecular weight is 224 g/mol.